The smallest absolute Gasteiger partial charge is 0.244 e. The molecule has 1 fully saturated rings. The van der Waals surface area contributed by atoms with Gasteiger partial charge in [-0.15, -0.1) is 0 Å². The average molecular weight is 255 g/mol. The zero-order chi connectivity index (χ0) is 13.8. The highest BCUT2D eigenvalue weighted by Gasteiger charge is 2.24. The van der Waals surface area contributed by atoms with Crippen molar-refractivity contribution in [1.29, 1.82) is 0 Å². The summed E-state index contributed by atoms with van der Waals surface area (Å²) in [5.41, 5.74) is -0.0977. The number of amides is 2. The SMILES string of the molecule is CC(NC(=O)CNC(C)(C)C)C(=O)N1CCCC1. The fourth-order valence-corrected chi connectivity index (χ4v) is 1.91. The van der Waals surface area contributed by atoms with Gasteiger partial charge in [0.25, 0.3) is 0 Å². The van der Waals surface area contributed by atoms with Gasteiger partial charge in [0, 0.05) is 18.6 Å². The Morgan fingerprint density at radius 2 is 1.78 bits per heavy atom. The van der Waals surface area contributed by atoms with Crippen molar-refractivity contribution in [3.63, 3.8) is 0 Å². The van der Waals surface area contributed by atoms with Crippen LogP contribution in [0.25, 0.3) is 0 Å². The molecule has 0 radical (unpaired) electrons. The lowest BCUT2D eigenvalue weighted by Crippen LogP contribution is -2.50. The third-order valence-corrected chi connectivity index (χ3v) is 2.94. The molecule has 0 aromatic rings. The molecule has 0 saturated carbocycles. The lowest BCUT2D eigenvalue weighted by Gasteiger charge is -2.23. The van der Waals surface area contributed by atoms with E-state index >= 15 is 0 Å². The largest absolute Gasteiger partial charge is 0.343 e. The lowest BCUT2D eigenvalue weighted by atomic mass is 10.1. The first kappa shape index (κ1) is 15.0. The molecule has 1 atom stereocenters. The summed E-state index contributed by atoms with van der Waals surface area (Å²) in [5, 5.41) is 5.84. The maximum Gasteiger partial charge on any atom is 0.244 e. The van der Waals surface area contributed by atoms with Crippen LogP contribution in [0.15, 0.2) is 0 Å². The van der Waals surface area contributed by atoms with Crippen LogP contribution in [0.4, 0.5) is 0 Å². The summed E-state index contributed by atoms with van der Waals surface area (Å²) in [5.74, 6) is -0.110. The van der Waals surface area contributed by atoms with Gasteiger partial charge in [-0.1, -0.05) is 0 Å². The highest BCUT2D eigenvalue weighted by molar-refractivity contribution is 5.88. The van der Waals surface area contributed by atoms with Gasteiger partial charge in [-0.05, 0) is 40.5 Å². The van der Waals surface area contributed by atoms with E-state index in [1.807, 2.05) is 25.7 Å². The zero-order valence-electron chi connectivity index (χ0n) is 11.9. The number of nitrogens with zero attached hydrogens (tertiary/aromatic N) is 1. The van der Waals surface area contributed by atoms with Gasteiger partial charge in [0.1, 0.15) is 6.04 Å². The molecule has 0 aliphatic carbocycles. The normalized spacial score (nSPS) is 17.7. The summed E-state index contributed by atoms with van der Waals surface area (Å²) >= 11 is 0. The molecular weight excluding hydrogens is 230 g/mol. The summed E-state index contributed by atoms with van der Waals surface area (Å²) in [6.45, 7) is 9.62. The molecule has 1 aliphatic rings. The second-order valence-electron chi connectivity index (χ2n) is 5.93. The molecule has 5 nitrogen and oxygen atoms in total. The maximum atomic E-state index is 12.0. The molecule has 1 heterocycles. The quantitative estimate of drug-likeness (QED) is 0.769. The Morgan fingerprint density at radius 3 is 2.28 bits per heavy atom. The number of carbonyl (C=O) groups excluding carboxylic acids is 2. The van der Waals surface area contributed by atoms with Crippen LogP contribution in [0, 0.1) is 0 Å². The van der Waals surface area contributed by atoms with Crippen molar-refractivity contribution in [3.05, 3.63) is 0 Å². The zero-order valence-corrected chi connectivity index (χ0v) is 11.9. The fourth-order valence-electron chi connectivity index (χ4n) is 1.91. The first-order chi connectivity index (χ1) is 8.29. The van der Waals surface area contributed by atoms with Crippen molar-refractivity contribution in [1.82, 2.24) is 15.5 Å². The number of hydrogen-bond donors (Lipinski definition) is 2. The molecule has 2 amide bonds. The van der Waals surface area contributed by atoms with Crippen LogP contribution in [0.2, 0.25) is 0 Å². The third kappa shape index (κ3) is 5.04. The van der Waals surface area contributed by atoms with E-state index in [4.69, 9.17) is 0 Å². The van der Waals surface area contributed by atoms with E-state index in [-0.39, 0.29) is 23.9 Å². The van der Waals surface area contributed by atoms with Crippen LogP contribution in [0.1, 0.15) is 40.5 Å². The van der Waals surface area contributed by atoms with Gasteiger partial charge in [0.15, 0.2) is 0 Å². The van der Waals surface area contributed by atoms with Crippen LogP contribution < -0.4 is 10.6 Å². The van der Waals surface area contributed by atoms with E-state index in [1.54, 1.807) is 6.92 Å². The number of carbonyl (C=O) groups is 2. The van der Waals surface area contributed by atoms with Crippen LogP contribution in [-0.2, 0) is 9.59 Å². The van der Waals surface area contributed by atoms with E-state index < -0.39 is 6.04 Å². The molecule has 0 spiro atoms. The molecular formula is C13H25N3O2. The minimum atomic E-state index is -0.433. The highest BCUT2D eigenvalue weighted by Crippen LogP contribution is 2.08. The van der Waals surface area contributed by atoms with E-state index in [9.17, 15) is 9.59 Å². The van der Waals surface area contributed by atoms with Crippen molar-refractivity contribution >= 4 is 11.8 Å². The minimum absolute atomic E-state index is 0.0246. The summed E-state index contributed by atoms with van der Waals surface area (Å²) in [4.78, 5) is 25.5. The fraction of sp³-hybridized carbons (Fsp3) is 0.846. The average Bonchev–Trinajstić information content (AvgIpc) is 2.77. The standard InChI is InChI=1S/C13H25N3O2/c1-10(12(18)16-7-5-6-8-16)15-11(17)9-14-13(2,3)4/h10,14H,5-9H2,1-4H3,(H,15,17). The summed E-state index contributed by atoms with van der Waals surface area (Å²) in [6, 6.07) is -0.433. The lowest BCUT2D eigenvalue weighted by molar-refractivity contribution is -0.134. The Balaban J connectivity index is 2.32. The number of rotatable bonds is 4. The Hall–Kier alpha value is -1.10. The monoisotopic (exact) mass is 255 g/mol. The van der Waals surface area contributed by atoms with E-state index in [1.165, 1.54) is 0 Å². The molecule has 0 aromatic carbocycles. The summed E-state index contributed by atoms with van der Waals surface area (Å²) in [6.07, 6.45) is 2.13. The van der Waals surface area contributed by atoms with Gasteiger partial charge in [0.2, 0.25) is 11.8 Å². The van der Waals surface area contributed by atoms with Gasteiger partial charge >= 0.3 is 0 Å². The third-order valence-electron chi connectivity index (χ3n) is 2.94. The topological polar surface area (TPSA) is 61.4 Å². The molecule has 1 unspecified atom stereocenters. The van der Waals surface area contributed by atoms with Crippen molar-refractivity contribution < 1.29 is 9.59 Å². The van der Waals surface area contributed by atoms with Gasteiger partial charge in [0.05, 0.1) is 6.54 Å². The molecule has 18 heavy (non-hydrogen) atoms. The number of likely N-dealkylation sites (tertiary alicyclic amines) is 1. The molecule has 5 heteroatoms. The van der Waals surface area contributed by atoms with Gasteiger partial charge in [-0.25, -0.2) is 0 Å². The Morgan fingerprint density at radius 1 is 1.22 bits per heavy atom. The Bertz CT molecular complexity index is 304. The number of nitrogens with one attached hydrogen (secondary N) is 2. The Labute approximate surface area is 109 Å². The first-order valence-corrected chi connectivity index (χ1v) is 6.63. The van der Waals surface area contributed by atoms with E-state index in [0.29, 0.717) is 0 Å². The molecule has 2 N–H and O–H groups in total. The highest BCUT2D eigenvalue weighted by atomic mass is 16.2. The van der Waals surface area contributed by atoms with Crippen LogP contribution >= 0.6 is 0 Å². The predicted octanol–water partition coefficient (Wildman–Crippen LogP) is 0.502. The van der Waals surface area contributed by atoms with Crippen LogP contribution in [-0.4, -0.2) is 47.9 Å². The molecule has 0 aromatic heterocycles. The van der Waals surface area contributed by atoms with Gasteiger partial charge in [-0.3, -0.25) is 9.59 Å². The van der Waals surface area contributed by atoms with Crippen molar-refractivity contribution in [2.45, 2.75) is 52.1 Å². The van der Waals surface area contributed by atoms with Crippen LogP contribution in [0.3, 0.4) is 0 Å². The molecule has 1 aliphatic heterocycles. The van der Waals surface area contributed by atoms with Crippen molar-refractivity contribution in [2.24, 2.45) is 0 Å². The maximum absolute atomic E-state index is 12.0. The second kappa shape index (κ2) is 6.18. The first-order valence-electron chi connectivity index (χ1n) is 6.63. The Kier molecular flexibility index (Phi) is 5.14. The molecule has 104 valence electrons. The van der Waals surface area contributed by atoms with Crippen LogP contribution in [0.5, 0.6) is 0 Å². The summed E-state index contributed by atoms with van der Waals surface area (Å²) in [7, 11) is 0. The molecule has 0 bridgehead atoms. The van der Waals surface area contributed by atoms with E-state index in [0.717, 1.165) is 25.9 Å². The van der Waals surface area contributed by atoms with Gasteiger partial charge < -0.3 is 15.5 Å². The predicted molar refractivity (Wildman–Crippen MR) is 71.2 cm³/mol. The van der Waals surface area contributed by atoms with Gasteiger partial charge in [-0.2, -0.15) is 0 Å². The molecule has 1 rings (SSSR count). The second-order valence-corrected chi connectivity index (χ2v) is 5.93. The van der Waals surface area contributed by atoms with Crippen molar-refractivity contribution in [2.75, 3.05) is 19.6 Å². The van der Waals surface area contributed by atoms with Crippen molar-refractivity contribution in [3.8, 4) is 0 Å². The number of hydrogen-bond acceptors (Lipinski definition) is 3. The molecule has 1 saturated heterocycles. The minimum Gasteiger partial charge on any atom is -0.343 e. The summed E-state index contributed by atoms with van der Waals surface area (Å²) < 4.78 is 0. The van der Waals surface area contributed by atoms with E-state index in [2.05, 4.69) is 10.6 Å².